The van der Waals surface area contributed by atoms with E-state index in [1.165, 1.54) is 0 Å². The average Bonchev–Trinajstić information content (AvgIpc) is 3.43. The highest BCUT2D eigenvalue weighted by Crippen LogP contribution is 2.18. The maximum absolute atomic E-state index is 12.5. The van der Waals surface area contributed by atoms with Crippen molar-refractivity contribution in [1.82, 2.24) is 20.3 Å². The van der Waals surface area contributed by atoms with E-state index in [1.54, 1.807) is 18.3 Å². The number of nitrogens with one attached hydrogen (secondary N) is 1. The lowest BCUT2D eigenvalue weighted by molar-refractivity contribution is 0.0953. The molecule has 2 heterocycles. The highest BCUT2D eigenvalue weighted by molar-refractivity contribution is 5.94. The van der Waals surface area contributed by atoms with Crippen LogP contribution < -0.4 is 10.1 Å². The van der Waals surface area contributed by atoms with Gasteiger partial charge in [0, 0.05) is 24.5 Å². The summed E-state index contributed by atoms with van der Waals surface area (Å²) >= 11 is 0. The van der Waals surface area contributed by atoms with Crippen molar-refractivity contribution in [3.05, 3.63) is 95.1 Å². The third-order valence-corrected chi connectivity index (χ3v) is 5.07. The molecule has 7 heteroatoms. The first-order chi connectivity index (χ1) is 15.1. The summed E-state index contributed by atoms with van der Waals surface area (Å²) in [4.78, 5) is 12.5. The zero-order chi connectivity index (χ0) is 21.6. The van der Waals surface area contributed by atoms with Crippen LogP contribution in [0.15, 0.2) is 71.5 Å². The molecule has 2 aromatic carbocycles. The molecule has 0 radical (unpaired) electrons. The quantitative estimate of drug-likeness (QED) is 0.469. The average molecular weight is 416 g/mol. The molecule has 0 aliphatic heterocycles. The van der Waals surface area contributed by atoms with E-state index >= 15 is 0 Å². The predicted molar refractivity (Wildman–Crippen MR) is 116 cm³/mol. The van der Waals surface area contributed by atoms with E-state index in [1.807, 2.05) is 67.2 Å². The van der Waals surface area contributed by atoms with Crippen molar-refractivity contribution in [3.8, 4) is 11.4 Å². The summed E-state index contributed by atoms with van der Waals surface area (Å²) in [5.41, 5.74) is 4.45. The Morgan fingerprint density at radius 2 is 1.97 bits per heavy atom. The molecule has 0 saturated heterocycles. The molecule has 0 saturated carbocycles. The van der Waals surface area contributed by atoms with Crippen LogP contribution in [0.1, 0.15) is 32.9 Å². The molecule has 0 spiro atoms. The van der Waals surface area contributed by atoms with Crippen LogP contribution in [0.5, 0.6) is 5.75 Å². The van der Waals surface area contributed by atoms with Crippen molar-refractivity contribution in [2.75, 3.05) is 6.54 Å². The molecular weight excluding hydrogens is 392 g/mol. The van der Waals surface area contributed by atoms with Crippen LogP contribution >= 0.6 is 0 Å². The smallest absolute Gasteiger partial charge is 0.251 e. The standard InChI is InChI=1S/C24H24N4O3/c1-17-23(18(2)31-27-17)16-30-22-6-3-5-20(15-22)24(29)25-13-11-19-7-9-21(10-8-19)28-14-4-12-26-28/h3-10,12,14-15H,11,13,16H2,1-2H3,(H,25,29). The Labute approximate surface area is 180 Å². The van der Waals surface area contributed by atoms with E-state index < -0.39 is 0 Å². The molecule has 2 aromatic heterocycles. The van der Waals surface area contributed by atoms with Gasteiger partial charge in [0.2, 0.25) is 0 Å². The van der Waals surface area contributed by atoms with Crippen LogP contribution in [-0.2, 0) is 13.0 Å². The van der Waals surface area contributed by atoms with Crippen molar-refractivity contribution in [2.45, 2.75) is 26.9 Å². The maximum Gasteiger partial charge on any atom is 0.251 e. The van der Waals surface area contributed by atoms with Crippen LogP contribution in [-0.4, -0.2) is 27.4 Å². The molecule has 0 aliphatic carbocycles. The Kier molecular flexibility index (Phi) is 6.12. The molecule has 7 nitrogen and oxygen atoms in total. The Balaban J connectivity index is 1.29. The third-order valence-electron chi connectivity index (χ3n) is 5.07. The van der Waals surface area contributed by atoms with Gasteiger partial charge in [0.05, 0.1) is 16.9 Å². The predicted octanol–water partition coefficient (Wildman–Crippen LogP) is 4.03. The summed E-state index contributed by atoms with van der Waals surface area (Å²) in [6, 6.07) is 17.2. The topological polar surface area (TPSA) is 82.2 Å². The van der Waals surface area contributed by atoms with Crippen molar-refractivity contribution < 1.29 is 14.1 Å². The molecule has 0 fully saturated rings. The van der Waals surface area contributed by atoms with E-state index in [4.69, 9.17) is 9.26 Å². The minimum absolute atomic E-state index is 0.129. The summed E-state index contributed by atoms with van der Waals surface area (Å²) in [5, 5.41) is 11.1. The van der Waals surface area contributed by atoms with Gasteiger partial charge in [-0.1, -0.05) is 23.4 Å². The molecule has 4 aromatic rings. The normalized spacial score (nSPS) is 10.8. The van der Waals surface area contributed by atoms with E-state index in [-0.39, 0.29) is 5.91 Å². The van der Waals surface area contributed by atoms with Crippen LogP contribution in [0.25, 0.3) is 5.69 Å². The minimum atomic E-state index is -0.129. The summed E-state index contributed by atoms with van der Waals surface area (Å²) in [5.74, 6) is 1.24. The number of aromatic nitrogens is 3. The number of carbonyl (C=O) groups is 1. The number of hydrogen-bond donors (Lipinski definition) is 1. The van der Waals surface area contributed by atoms with Crippen LogP contribution in [0, 0.1) is 13.8 Å². The SMILES string of the molecule is Cc1noc(C)c1COc1cccc(C(=O)NCCc2ccc(-n3cccn3)cc2)c1. The molecule has 0 bridgehead atoms. The minimum Gasteiger partial charge on any atom is -0.489 e. The van der Waals surface area contributed by atoms with Gasteiger partial charge >= 0.3 is 0 Å². The molecule has 158 valence electrons. The molecule has 0 aliphatic rings. The highest BCUT2D eigenvalue weighted by Gasteiger charge is 2.11. The number of ether oxygens (including phenoxy) is 1. The fourth-order valence-electron chi connectivity index (χ4n) is 3.25. The number of hydrogen-bond acceptors (Lipinski definition) is 5. The number of amides is 1. The van der Waals surface area contributed by atoms with Crippen molar-refractivity contribution >= 4 is 5.91 Å². The fraction of sp³-hybridized carbons (Fsp3) is 0.208. The maximum atomic E-state index is 12.5. The molecule has 0 unspecified atom stereocenters. The van der Waals surface area contributed by atoms with Crippen LogP contribution in [0.4, 0.5) is 0 Å². The van der Waals surface area contributed by atoms with Crippen LogP contribution in [0.3, 0.4) is 0 Å². The number of aryl methyl sites for hydroxylation is 2. The van der Waals surface area contributed by atoms with Gasteiger partial charge in [0.1, 0.15) is 18.1 Å². The first kappa shape index (κ1) is 20.4. The summed E-state index contributed by atoms with van der Waals surface area (Å²) < 4.78 is 12.8. The summed E-state index contributed by atoms with van der Waals surface area (Å²) in [7, 11) is 0. The Morgan fingerprint density at radius 3 is 2.68 bits per heavy atom. The summed E-state index contributed by atoms with van der Waals surface area (Å²) in [6.07, 6.45) is 4.40. The van der Waals surface area contributed by atoms with Gasteiger partial charge in [-0.3, -0.25) is 4.79 Å². The lowest BCUT2D eigenvalue weighted by atomic mass is 10.1. The molecular formula is C24H24N4O3. The van der Waals surface area contributed by atoms with Crippen molar-refractivity contribution in [3.63, 3.8) is 0 Å². The number of nitrogens with zero attached hydrogens (tertiary/aromatic N) is 3. The molecule has 1 N–H and O–H groups in total. The van der Waals surface area contributed by atoms with E-state index in [2.05, 4.69) is 15.6 Å². The van der Waals surface area contributed by atoms with Gasteiger partial charge < -0.3 is 14.6 Å². The second-order valence-electron chi connectivity index (χ2n) is 7.24. The van der Waals surface area contributed by atoms with Gasteiger partial charge in [-0.05, 0) is 62.2 Å². The second kappa shape index (κ2) is 9.30. The number of benzene rings is 2. The van der Waals surface area contributed by atoms with Crippen molar-refractivity contribution in [2.24, 2.45) is 0 Å². The number of rotatable bonds is 8. The van der Waals surface area contributed by atoms with E-state index in [9.17, 15) is 4.79 Å². The first-order valence-electron chi connectivity index (χ1n) is 10.1. The highest BCUT2D eigenvalue weighted by atomic mass is 16.5. The lowest BCUT2D eigenvalue weighted by Crippen LogP contribution is -2.25. The lowest BCUT2D eigenvalue weighted by Gasteiger charge is -2.09. The van der Waals surface area contributed by atoms with Crippen LogP contribution in [0.2, 0.25) is 0 Å². The number of carbonyl (C=O) groups excluding carboxylic acids is 1. The summed E-state index contributed by atoms with van der Waals surface area (Å²) in [6.45, 7) is 4.63. The zero-order valence-corrected chi connectivity index (χ0v) is 17.5. The fourth-order valence-corrected chi connectivity index (χ4v) is 3.25. The van der Waals surface area contributed by atoms with E-state index in [0.29, 0.717) is 24.5 Å². The Morgan fingerprint density at radius 1 is 1.13 bits per heavy atom. The Hall–Kier alpha value is -3.87. The molecule has 31 heavy (non-hydrogen) atoms. The second-order valence-corrected chi connectivity index (χ2v) is 7.24. The monoisotopic (exact) mass is 416 g/mol. The van der Waals surface area contributed by atoms with Gasteiger partial charge in [0.15, 0.2) is 0 Å². The third kappa shape index (κ3) is 5.01. The molecule has 4 rings (SSSR count). The van der Waals surface area contributed by atoms with Gasteiger partial charge in [-0.25, -0.2) is 4.68 Å². The van der Waals surface area contributed by atoms with E-state index in [0.717, 1.165) is 34.7 Å². The van der Waals surface area contributed by atoms with Gasteiger partial charge in [0.25, 0.3) is 5.91 Å². The first-order valence-corrected chi connectivity index (χ1v) is 10.1. The molecule has 0 atom stereocenters. The Bertz CT molecular complexity index is 1130. The van der Waals surface area contributed by atoms with Gasteiger partial charge in [-0.15, -0.1) is 0 Å². The largest absolute Gasteiger partial charge is 0.489 e. The zero-order valence-electron chi connectivity index (χ0n) is 17.5. The van der Waals surface area contributed by atoms with Gasteiger partial charge in [-0.2, -0.15) is 5.10 Å². The molecule has 1 amide bonds. The van der Waals surface area contributed by atoms with Crippen molar-refractivity contribution in [1.29, 1.82) is 0 Å².